The fraction of sp³-hybridized carbons (Fsp3) is 0.462. The van der Waals surface area contributed by atoms with Gasteiger partial charge in [-0.1, -0.05) is 12.8 Å². The molecule has 0 aromatic carbocycles. The third-order valence-corrected chi connectivity index (χ3v) is 3.54. The van der Waals surface area contributed by atoms with Gasteiger partial charge in [0.05, 0.1) is 11.0 Å². The number of aliphatic carboxylic acids is 1. The molecule has 0 amide bonds. The van der Waals surface area contributed by atoms with Gasteiger partial charge in [0.15, 0.2) is 0 Å². The molecule has 1 aromatic rings. The van der Waals surface area contributed by atoms with Crippen LogP contribution < -0.4 is 5.32 Å². The zero-order valence-electron chi connectivity index (χ0n) is 10.0. The van der Waals surface area contributed by atoms with E-state index in [1.807, 2.05) is 6.07 Å². The summed E-state index contributed by atoms with van der Waals surface area (Å²) in [7, 11) is 0. The Labute approximate surface area is 105 Å². The van der Waals surface area contributed by atoms with Crippen LogP contribution in [0.4, 0.5) is 5.82 Å². The normalized spacial score (nSPS) is 17.1. The summed E-state index contributed by atoms with van der Waals surface area (Å²) in [6, 6.07) is 5.39. The first-order valence-corrected chi connectivity index (χ1v) is 6.00. The zero-order chi connectivity index (χ0) is 13.0. The van der Waals surface area contributed by atoms with Gasteiger partial charge in [-0.15, -0.1) is 0 Å². The number of nitrogens with one attached hydrogen (secondary N) is 1. The lowest BCUT2D eigenvalue weighted by Crippen LogP contribution is -2.35. The van der Waals surface area contributed by atoms with Crippen molar-refractivity contribution >= 4 is 11.8 Å². The molecule has 0 spiro atoms. The van der Waals surface area contributed by atoms with Crippen molar-refractivity contribution in [2.24, 2.45) is 5.41 Å². The van der Waals surface area contributed by atoms with E-state index in [0.29, 0.717) is 30.8 Å². The number of carbonyl (C=O) groups is 1. The molecule has 1 fully saturated rings. The van der Waals surface area contributed by atoms with Crippen molar-refractivity contribution in [2.45, 2.75) is 25.7 Å². The lowest BCUT2D eigenvalue weighted by atomic mass is 9.86. The molecule has 0 unspecified atom stereocenters. The van der Waals surface area contributed by atoms with E-state index in [0.717, 1.165) is 12.8 Å². The van der Waals surface area contributed by atoms with Crippen LogP contribution in [0.1, 0.15) is 31.2 Å². The van der Waals surface area contributed by atoms with Crippen LogP contribution in [0.3, 0.4) is 0 Å². The Morgan fingerprint density at radius 2 is 2.28 bits per heavy atom. The Morgan fingerprint density at radius 3 is 2.89 bits per heavy atom. The van der Waals surface area contributed by atoms with Crippen molar-refractivity contribution in [1.82, 2.24) is 4.98 Å². The van der Waals surface area contributed by atoms with Gasteiger partial charge in [0, 0.05) is 12.7 Å². The van der Waals surface area contributed by atoms with Crippen molar-refractivity contribution in [3.8, 4) is 6.07 Å². The van der Waals surface area contributed by atoms with E-state index < -0.39 is 11.4 Å². The molecule has 0 saturated heterocycles. The zero-order valence-corrected chi connectivity index (χ0v) is 10.0. The topological polar surface area (TPSA) is 86.0 Å². The van der Waals surface area contributed by atoms with E-state index in [4.69, 9.17) is 5.26 Å². The van der Waals surface area contributed by atoms with Gasteiger partial charge in [0.1, 0.15) is 11.9 Å². The van der Waals surface area contributed by atoms with Crippen LogP contribution in [-0.2, 0) is 4.79 Å². The predicted octanol–water partition coefficient (Wildman–Crippen LogP) is 2.01. The molecule has 0 bridgehead atoms. The Morgan fingerprint density at radius 1 is 1.56 bits per heavy atom. The van der Waals surface area contributed by atoms with Crippen LogP contribution in [0.5, 0.6) is 0 Å². The van der Waals surface area contributed by atoms with Crippen LogP contribution in [0.25, 0.3) is 0 Å². The van der Waals surface area contributed by atoms with Gasteiger partial charge in [-0.05, 0) is 25.0 Å². The minimum atomic E-state index is -0.762. The van der Waals surface area contributed by atoms with Crippen molar-refractivity contribution in [2.75, 3.05) is 11.9 Å². The second-order valence-corrected chi connectivity index (χ2v) is 4.66. The summed E-state index contributed by atoms with van der Waals surface area (Å²) >= 11 is 0. The summed E-state index contributed by atoms with van der Waals surface area (Å²) in [4.78, 5) is 15.4. The highest BCUT2D eigenvalue weighted by Gasteiger charge is 2.41. The summed E-state index contributed by atoms with van der Waals surface area (Å²) < 4.78 is 0. The third-order valence-electron chi connectivity index (χ3n) is 3.54. The average molecular weight is 245 g/mol. The summed E-state index contributed by atoms with van der Waals surface area (Å²) in [6.45, 7) is 0.327. The molecular weight excluding hydrogens is 230 g/mol. The molecule has 0 radical (unpaired) electrons. The quantitative estimate of drug-likeness (QED) is 0.847. The van der Waals surface area contributed by atoms with Crippen molar-refractivity contribution < 1.29 is 9.90 Å². The molecule has 2 rings (SSSR count). The van der Waals surface area contributed by atoms with Crippen LogP contribution in [0, 0.1) is 16.7 Å². The van der Waals surface area contributed by atoms with Crippen molar-refractivity contribution in [1.29, 1.82) is 5.26 Å². The van der Waals surface area contributed by atoms with E-state index in [2.05, 4.69) is 10.3 Å². The fourth-order valence-corrected chi connectivity index (χ4v) is 2.41. The molecule has 0 aliphatic heterocycles. The summed E-state index contributed by atoms with van der Waals surface area (Å²) in [5.74, 6) is -0.297. The second kappa shape index (κ2) is 5.05. The van der Waals surface area contributed by atoms with Crippen LogP contribution >= 0.6 is 0 Å². The number of anilines is 1. The molecule has 18 heavy (non-hydrogen) atoms. The Hall–Kier alpha value is -2.09. The Balaban J connectivity index is 2.11. The molecule has 1 heterocycles. The smallest absolute Gasteiger partial charge is 0.311 e. The summed E-state index contributed by atoms with van der Waals surface area (Å²) in [5, 5.41) is 21.3. The fourth-order valence-electron chi connectivity index (χ4n) is 2.41. The van der Waals surface area contributed by atoms with E-state index in [9.17, 15) is 9.90 Å². The number of rotatable bonds is 4. The number of carboxylic acid groups (broad SMARTS) is 1. The number of nitrogens with zero attached hydrogens (tertiary/aromatic N) is 2. The van der Waals surface area contributed by atoms with Gasteiger partial charge in [-0.25, -0.2) is 4.98 Å². The van der Waals surface area contributed by atoms with Crippen molar-refractivity contribution in [3.05, 3.63) is 23.9 Å². The summed E-state index contributed by atoms with van der Waals surface area (Å²) in [5.41, 5.74) is -0.263. The van der Waals surface area contributed by atoms with E-state index in [-0.39, 0.29) is 0 Å². The first-order valence-electron chi connectivity index (χ1n) is 6.00. The SMILES string of the molecule is N#Cc1cccnc1NCC1(C(=O)O)CCCC1. The van der Waals surface area contributed by atoms with Gasteiger partial charge < -0.3 is 10.4 Å². The van der Waals surface area contributed by atoms with Gasteiger partial charge in [0.2, 0.25) is 0 Å². The molecule has 5 heteroatoms. The van der Waals surface area contributed by atoms with Gasteiger partial charge in [0.25, 0.3) is 0 Å². The standard InChI is InChI=1S/C13H15N3O2/c14-8-10-4-3-7-15-11(10)16-9-13(12(17)18)5-1-2-6-13/h3-4,7H,1-2,5-6,9H2,(H,15,16)(H,17,18). The van der Waals surface area contributed by atoms with Gasteiger partial charge in [-0.2, -0.15) is 5.26 Å². The Bertz CT molecular complexity index is 487. The number of carboxylic acids is 1. The lowest BCUT2D eigenvalue weighted by molar-refractivity contribution is -0.147. The highest BCUT2D eigenvalue weighted by molar-refractivity contribution is 5.76. The van der Waals surface area contributed by atoms with Crippen LogP contribution in [0.15, 0.2) is 18.3 Å². The predicted molar refractivity (Wildman–Crippen MR) is 66.0 cm³/mol. The highest BCUT2D eigenvalue weighted by atomic mass is 16.4. The van der Waals surface area contributed by atoms with Crippen LogP contribution in [-0.4, -0.2) is 22.6 Å². The largest absolute Gasteiger partial charge is 0.481 e. The van der Waals surface area contributed by atoms with Crippen LogP contribution in [0.2, 0.25) is 0 Å². The molecule has 5 nitrogen and oxygen atoms in total. The molecule has 1 saturated carbocycles. The van der Waals surface area contributed by atoms with Gasteiger partial charge >= 0.3 is 5.97 Å². The molecule has 1 aromatic heterocycles. The minimum absolute atomic E-state index is 0.327. The minimum Gasteiger partial charge on any atom is -0.481 e. The van der Waals surface area contributed by atoms with E-state index in [1.54, 1.807) is 18.3 Å². The first kappa shape index (κ1) is 12.4. The third kappa shape index (κ3) is 2.28. The summed E-state index contributed by atoms with van der Waals surface area (Å²) in [6.07, 6.45) is 4.85. The Kier molecular flexibility index (Phi) is 3.47. The molecule has 0 atom stereocenters. The highest BCUT2D eigenvalue weighted by Crippen LogP contribution is 2.38. The van der Waals surface area contributed by atoms with Crippen molar-refractivity contribution in [3.63, 3.8) is 0 Å². The number of nitriles is 1. The van der Waals surface area contributed by atoms with E-state index >= 15 is 0 Å². The number of aromatic nitrogens is 1. The maximum atomic E-state index is 11.4. The molecule has 1 aliphatic carbocycles. The molecule has 2 N–H and O–H groups in total. The average Bonchev–Trinajstić information content (AvgIpc) is 2.87. The number of hydrogen-bond acceptors (Lipinski definition) is 4. The first-order chi connectivity index (χ1) is 8.68. The molecular formula is C13H15N3O2. The maximum absolute atomic E-state index is 11.4. The second-order valence-electron chi connectivity index (χ2n) is 4.66. The molecule has 94 valence electrons. The molecule has 1 aliphatic rings. The van der Waals surface area contributed by atoms with Gasteiger partial charge in [-0.3, -0.25) is 4.79 Å². The van der Waals surface area contributed by atoms with E-state index in [1.165, 1.54) is 0 Å². The monoisotopic (exact) mass is 245 g/mol. The maximum Gasteiger partial charge on any atom is 0.311 e. The number of hydrogen-bond donors (Lipinski definition) is 2. The number of pyridine rings is 1. The lowest BCUT2D eigenvalue weighted by Gasteiger charge is -2.24.